The Hall–Kier alpha value is -2.36. The van der Waals surface area contributed by atoms with E-state index in [1.165, 1.54) is 23.5 Å². The Bertz CT molecular complexity index is 1160. The van der Waals surface area contributed by atoms with Gasteiger partial charge in [0.05, 0.1) is 20.9 Å². The van der Waals surface area contributed by atoms with Crippen LogP contribution >= 0.6 is 11.3 Å². The van der Waals surface area contributed by atoms with Gasteiger partial charge in [-0.05, 0) is 57.8 Å². The third kappa shape index (κ3) is 6.09. The minimum absolute atomic E-state index is 0.0861. The Morgan fingerprint density at radius 3 is 2.48 bits per heavy atom. The fourth-order valence-corrected chi connectivity index (χ4v) is 5.39. The summed E-state index contributed by atoms with van der Waals surface area (Å²) < 4.78 is 39.3. The summed E-state index contributed by atoms with van der Waals surface area (Å²) in [5.41, 5.74) is 1.62. The van der Waals surface area contributed by atoms with Gasteiger partial charge in [0.25, 0.3) is 0 Å². The van der Waals surface area contributed by atoms with Crippen LogP contribution in [0.25, 0.3) is 10.2 Å². The molecular formula is C22H26FN3O3S2. The van der Waals surface area contributed by atoms with Gasteiger partial charge < -0.3 is 4.90 Å². The van der Waals surface area contributed by atoms with Gasteiger partial charge in [-0.2, -0.15) is 0 Å². The Kier molecular flexibility index (Phi) is 7.40. The first-order chi connectivity index (χ1) is 14.7. The molecule has 0 atom stereocenters. The van der Waals surface area contributed by atoms with Gasteiger partial charge in [0, 0.05) is 19.5 Å². The second kappa shape index (κ2) is 9.84. The molecule has 1 heterocycles. The van der Waals surface area contributed by atoms with Crippen LogP contribution in [-0.4, -0.2) is 57.1 Å². The van der Waals surface area contributed by atoms with Crippen molar-refractivity contribution in [2.75, 3.05) is 37.8 Å². The molecule has 166 valence electrons. The lowest BCUT2D eigenvalue weighted by Gasteiger charge is -2.22. The van der Waals surface area contributed by atoms with E-state index >= 15 is 0 Å². The van der Waals surface area contributed by atoms with Crippen molar-refractivity contribution in [1.29, 1.82) is 0 Å². The van der Waals surface area contributed by atoms with Crippen molar-refractivity contribution < 1.29 is 17.6 Å². The number of halogens is 1. The number of likely N-dealkylation sites (N-methyl/N-ethyl adjacent to an activating group) is 1. The average molecular weight is 464 g/mol. The molecule has 0 saturated carbocycles. The first-order valence-corrected chi connectivity index (χ1v) is 12.4. The van der Waals surface area contributed by atoms with E-state index in [1.54, 1.807) is 35.2 Å². The molecule has 3 rings (SSSR count). The van der Waals surface area contributed by atoms with Crippen LogP contribution in [0, 0.1) is 12.7 Å². The number of hydrogen-bond acceptors (Lipinski definition) is 6. The quantitative estimate of drug-likeness (QED) is 0.481. The fraction of sp³-hybridized carbons (Fsp3) is 0.364. The Morgan fingerprint density at radius 1 is 1.10 bits per heavy atom. The van der Waals surface area contributed by atoms with Gasteiger partial charge in [-0.25, -0.2) is 17.8 Å². The highest BCUT2D eigenvalue weighted by molar-refractivity contribution is 7.91. The number of fused-ring (bicyclic) bond motifs is 1. The third-order valence-corrected chi connectivity index (χ3v) is 7.68. The van der Waals surface area contributed by atoms with Crippen molar-refractivity contribution in [3.63, 3.8) is 0 Å². The van der Waals surface area contributed by atoms with Crippen molar-refractivity contribution in [3.8, 4) is 0 Å². The number of thiazole rings is 1. The monoisotopic (exact) mass is 463 g/mol. The van der Waals surface area contributed by atoms with Crippen LogP contribution in [0.2, 0.25) is 0 Å². The van der Waals surface area contributed by atoms with Crippen LogP contribution in [0.1, 0.15) is 18.4 Å². The molecule has 0 radical (unpaired) electrons. The number of hydrogen-bond donors (Lipinski definition) is 0. The van der Waals surface area contributed by atoms with Gasteiger partial charge in [-0.15, -0.1) is 0 Å². The number of aryl methyl sites for hydroxylation is 1. The summed E-state index contributed by atoms with van der Waals surface area (Å²) in [6.45, 7) is 2.93. The van der Waals surface area contributed by atoms with Crippen LogP contribution in [0.15, 0.2) is 47.4 Å². The Morgan fingerprint density at radius 2 is 1.81 bits per heavy atom. The highest BCUT2D eigenvalue weighted by Crippen LogP contribution is 2.30. The minimum Gasteiger partial charge on any atom is -0.308 e. The largest absolute Gasteiger partial charge is 0.308 e. The topological polar surface area (TPSA) is 70.6 Å². The molecule has 1 amide bonds. The number of sulfone groups is 1. The molecule has 9 heteroatoms. The number of carbonyl (C=O) groups is 1. The van der Waals surface area contributed by atoms with E-state index in [9.17, 15) is 17.6 Å². The third-order valence-electron chi connectivity index (χ3n) is 4.83. The van der Waals surface area contributed by atoms with E-state index in [4.69, 9.17) is 0 Å². The zero-order valence-corrected chi connectivity index (χ0v) is 19.5. The molecule has 3 aromatic rings. The van der Waals surface area contributed by atoms with E-state index in [0.29, 0.717) is 28.4 Å². The maximum Gasteiger partial charge on any atom is 0.228 e. The Balaban J connectivity index is 1.71. The highest BCUT2D eigenvalue weighted by Gasteiger charge is 2.21. The first kappa shape index (κ1) is 23.3. The number of aromatic nitrogens is 1. The van der Waals surface area contributed by atoms with E-state index in [1.807, 2.05) is 25.9 Å². The predicted octanol–water partition coefficient (Wildman–Crippen LogP) is 3.89. The van der Waals surface area contributed by atoms with Gasteiger partial charge in [-0.1, -0.05) is 29.0 Å². The molecule has 0 aliphatic carbocycles. The number of carbonyl (C=O) groups excluding carboxylic acids is 1. The summed E-state index contributed by atoms with van der Waals surface area (Å²) in [6, 6.07) is 11.0. The van der Waals surface area contributed by atoms with Gasteiger partial charge in [0.15, 0.2) is 15.0 Å². The molecular weight excluding hydrogens is 437 g/mol. The van der Waals surface area contributed by atoms with Crippen LogP contribution in [0.5, 0.6) is 0 Å². The number of rotatable bonds is 9. The fourth-order valence-electron chi connectivity index (χ4n) is 3.04. The van der Waals surface area contributed by atoms with Crippen LogP contribution in [-0.2, 0) is 14.6 Å². The summed E-state index contributed by atoms with van der Waals surface area (Å²) in [5.74, 6) is -0.648. The van der Waals surface area contributed by atoms with Crippen molar-refractivity contribution in [2.45, 2.75) is 24.7 Å². The molecule has 0 N–H and O–H groups in total. The molecule has 0 aliphatic rings. The summed E-state index contributed by atoms with van der Waals surface area (Å²) in [5, 5.41) is 0.494. The zero-order chi connectivity index (χ0) is 22.6. The Labute approximate surface area is 186 Å². The summed E-state index contributed by atoms with van der Waals surface area (Å²) >= 11 is 1.25. The molecule has 0 fully saturated rings. The number of amides is 1. The maximum atomic E-state index is 13.5. The highest BCUT2D eigenvalue weighted by atomic mass is 32.2. The molecule has 2 aromatic carbocycles. The van der Waals surface area contributed by atoms with Crippen molar-refractivity contribution in [2.24, 2.45) is 0 Å². The predicted molar refractivity (Wildman–Crippen MR) is 123 cm³/mol. The van der Waals surface area contributed by atoms with Gasteiger partial charge in [0.2, 0.25) is 5.91 Å². The van der Waals surface area contributed by atoms with E-state index < -0.39 is 9.84 Å². The molecule has 0 bridgehead atoms. The van der Waals surface area contributed by atoms with Crippen molar-refractivity contribution in [3.05, 3.63) is 53.8 Å². The lowest BCUT2D eigenvalue weighted by molar-refractivity contribution is -0.118. The van der Waals surface area contributed by atoms with Gasteiger partial charge in [-0.3, -0.25) is 9.69 Å². The number of anilines is 1. The average Bonchev–Trinajstić information content (AvgIpc) is 3.10. The van der Waals surface area contributed by atoms with E-state index in [0.717, 1.165) is 5.56 Å². The number of nitrogens with zero attached hydrogens (tertiary/aromatic N) is 3. The molecule has 0 unspecified atom stereocenters. The molecule has 6 nitrogen and oxygen atoms in total. The van der Waals surface area contributed by atoms with E-state index in [-0.39, 0.29) is 35.2 Å². The normalized spacial score (nSPS) is 11.9. The second-order valence-corrected chi connectivity index (χ2v) is 10.8. The zero-order valence-electron chi connectivity index (χ0n) is 17.8. The van der Waals surface area contributed by atoms with Crippen molar-refractivity contribution >= 4 is 42.4 Å². The van der Waals surface area contributed by atoms with Crippen LogP contribution < -0.4 is 4.90 Å². The molecule has 1 aromatic heterocycles. The van der Waals surface area contributed by atoms with Gasteiger partial charge in [0.1, 0.15) is 5.82 Å². The molecule has 0 spiro atoms. The summed E-state index contributed by atoms with van der Waals surface area (Å²) in [6.07, 6.45) is 0.301. The van der Waals surface area contributed by atoms with Gasteiger partial charge >= 0.3 is 0 Å². The maximum absolute atomic E-state index is 13.5. The first-order valence-electron chi connectivity index (χ1n) is 9.96. The van der Waals surface area contributed by atoms with E-state index in [2.05, 4.69) is 4.98 Å². The summed E-state index contributed by atoms with van der Waals surface area (Å²) in [4.78, 5) is 21.2. The second-order valence-electron chi connectivity index (χ2n) is 7.69. The number of benzene rings is 2. The molecule has 0 aliphatic heterocycles. The molecule has 0 saturated heterocycles. The lowest BCUT2D eigenvalue weighted by Crippen LogP contribution is -2.36. The molecule has 31 heavy (non-hydrogen) atoms. The standard InChI is InChI=1S/C22H26FN3O3S2/c1-16-6-9-18(10-7-16)31(28,29)14-4-5-21(27)26(13-12-25(2)3)22-24-19-11-8-17(23)15-20(19)30-22/h6-11,15H,4-5,12-14H2,1-3H3. The minimum atomic E-state index is -3.45. The lowest BCUT2D eigenvalue weighted by atomic mass is 10.2. The smallest absolute Gasteiger partial charge is 0.228 e. The van der Waals surface area contributed by atoms with Crippen LogP contribution in [0.4, 0.5) is 9.52 Å². The SMILES string of the molecule is Cc1ccc(S(=O)(=O)CCCC(=O)N(CCN(C)C)c2nc3ccc(F)cc3s2)cc1. The van der Waals surface area contributed by atoms with Crippen molar-refractivity contribution in [1.82, 2.24) is 9.88 Å². The summed E-state index contributed by atoms with van der Waals surface area (Å²) in [7, 11) is 0.367. The van der Waals surface area contributed by atoms with Crippen LogP contribution in [0.3, 0.4) is 0 Å².